The molecule has 0 radical (unpaired) electrons. The van der Waals surface area contributed by atoms with Gasteiger partial charge < -0.3 is 14.2 Å². The highest BCUT2D eigenvalue weighted by Gasteiger charge is 2.14. The van der Waals surface area contributed by atoms with E-state index in [9.17, 15) is 9.59 Å². The van der Waals surface area contributed by atoms with Crippen molar-refractivity contribution in [2.45, 2.75) is 13.0 Å². The van der Waals surface area contributed by atoms with Crippen molar-refractivity contribution in [3.63, 3.8) is 0 Å². The van der Waals surface area contributed by atoms with E-state index in [1.54, 1.807) is 86.8 Å². The van der Waals surface area contributed by atoms with E-state index in [1.165, 1.54) is 6.21 Å². The Morgan fingerprint density at radius 3 is 2.12 bits per heavy atom. The lowest BCUT2D eigenvalue weighted by atomic mass is 10.2. The number of hydrogen-bond donors (Lipinski definition) is 1. The predicted octanol–water partition coefficient (Wildman–Crippen LogP) is 4.49. The molecule has 8 heteroatoms. The topological polar surface area (TPSA) is 86.2 Å². The van der Waals surface area contributed by atoms with Gasteiger partial charge in [0, 0.05) is 5.02 Å². The Hall–Kier alpha value is -3.84. The average Bonchev–Trinajstić information content (AvgIpc) is 2.81. The van der Waals surface area contributed by atoms with Crippen molar-refractivity contribution in [1.29, 1.82) is 0 Å². The van der Waals surface area contributed by atoms with E-state index in [2.05, 4.69) is 10.5 Å². The number of carbonyl (C=O) groups excluding carboxylic acids is 2. The highest BCUT2D eigenvalue weighted by Crippen LogP contribution is 2.17. The van der Waals surface area contributed by atoms with Crippen LogP contribution in [0.4, 0.5) is 0 Å². The highest BCUT2D eigenvalue weighted by atomic mass is 35.5. The van der Waals surface area contributed by atoms with Crippen molar-refractivity contribution in [3.05, 3.63) is 88.9 Å². The highest BCUT2D eigenvalue weighted by molar-refractivity contribution is 6.30. The predicted molar refractivity (Wildman–Crippen MR) is 122 cm³/mol. The van der Waals surface area contributed by atoms with E-state index in [0.29, 0.717) is 33.4 Å². The summed E-state index contributed by atoms with van der Waals surface area (Å²) < 4.78 is 16.0. The largest absolute Gasteiger partial charge is 0.497 e. The normalized spacial score (nSPS) is 11.6. The Balaban J connectivity index is 1.49. The van der Waals surface area contributed by atoms with Gasteiger partial charge in [0.2, 0.25) is 0 Å². The molecule has 0 heterocycles. The molecule has 0 aliphatic rings. The summed E-state index contributed by atoms with van der Waals surface area (Å²) in [7, 11) is 1.55. The first-order chi connectivity index (χ1) is 15.4. The van der Waals surface area contributed by atoms with Crippen molar-refractivity contribution in [3.8, 4) is 17.2 Å². The number of hydrogen-bond acceptors (Lipinski definition) is 6. The summed E-state index contributed by atoms with van der Waals surface area (Å²) in [5.41, 5.74) is 3.54. The van der Waals surface area contributed by atoms with Gasteiger partial charge >= 0.3 is 5.97 Å². The Kier molecular flexibility index (Phi) is 7.83. The molecule has 1 N–H and O–H groups in total. The van der Waals surface area contributed by atoms with Gasteiger partial charge in [-0.1, -0.05) is 11.6 Å². The van der Waals surface area contributed by atoms with E-state index < -0.39 is 18.0 Å². The molecule has 1 amide bonds. The number of ether oxygens (including phenoxy) is 3. The number of rotatable bonds is 8. The molecule has 3 rings (SSSR count). The first-order valence-electron chi connectivity index (χ1n) is 9.66. The van der Waals surface area contributed by atoms with Crippen LogP contribution < -0.4 is 19.6 Å². The fourth-order valence-electron chi connectivity index (χ4n) is 2.55. The van der Waals surface area contributed by atoms with E-state index in [0.717, 1.165) is 0 Å². The minimum atomic E-state index is -0.743. The molecule has 32 heavy (non-hydrogen) atoms. The van der Waals surface area contributed by atoms with Gasteiger partial charge in [0.1, 0.15) is 17.2 Å². The van der Waals surface area contributed by atoms with E-state index in [-0.39, 0.29) is 0 Å². The lowest BCUT2D eigenvalue weighted by molar-refractivity contribution is -0.127. The van der Waals surface area contributed by atoms with Crippen LogP contribution in [0.2, 0.25) is 5.02 Å². The third kappa shape index (κ3) is 6.58. The molecule has 0 aliphatic carbocycles. The summed E-state index contributed by atoms with van der Waals surface area (Å²) in [4.78, 5) is 24.3. The maximum atomic E-state index is 12.2. The minimum Gasteiger partial charge on any atom is -0.497 e. The van der Waals surface area contributed by atoms with Gasteiger partial charge in [-0.25, -0.2) is 10.2 Å². The van der Waals surface area contributed by atoms with Gasteiger partial charge in [-0.3, -0.25) is 4.79 Å². The molecule has 7 nitrogen and oxygen atoms in total. The standard InChI is InChI=1S/C24H21ClN2O5/c1-16(31-21-13-7-19(25)8-14-21)23(28)27-26-15-17-3-9-22(10-4-17)32-24(29)18-5-11-20(30-2)12-6-18/h3-16H,1-2H3,(H,27,28)/b26-15-/t16-/m1/s1. The number of methoxy groups -OCH3 is 1. The van der Waals surface area contributed by atoms with E-state index in [1.807, 2.05) is 0 Å². The van der Waals surface area contributed by atoms with Gasteiger partial charge in [-0.05, 0) is 85.3 Å². The summed E-state index contributed by atoms with van der Waals surface area (Å²) in [5, 5.41) is 4.51. The van der Waals surface area contributed by atoms with Gasteiger partial charge in [0.15, 0.2) is 6.10 Å². The number of benzene rings is 3. The summed E-state index contributed by atoms with van der Waals surface area (Å²) in [6, 6.07) is 20.0. The van der Waals surface area contributed by atoms with Crippen LogP contribution >= 0.6 is 11.6 Å². The summed E-state index contributed by atoms with van der Waals surface area (Å²) >= 11 is 5.83. The van der Waals surface area contributed by atoms with Crippen LogP contribution in [0.1, 0.15) is 22.8 Å². The third-order valence-electron chi connectivity index (χ3n) is 4.30. The molecule has 3 aromatic carbocycles. The van der Waals surface area contributed by atoms with Gasteiger partial charge in [-0.15, -0.1) is 0 Å². The Morgan fingerprint density at radius 2 is 1.50 bits per heavy atom. The van der Waals surface area contributed by atoms with E-state index >= 15 is 0 Å². The molecule has 0 saturated heterocycles. The lowest BCUT2D eigenvalue weighted by Gasteiger charge is -2.12. The number of carbonyl (C=O) groups is 2. The van der Waals surface area contributed by atoms with E-state index in [4.69, 9.17) is 25.8 Å². The van der Waals surface area contributed by atoms with Crippen molar-refractivity contribution < 1.29 is 23.8 Å². The van der Waals surface area contributed by atoms with Crippen molar-refractivity contribution in [2.24, 2.45) is 5.10 Å². The van der Waals surface area contributed by atoms with Crippen molar-refractivity contribution >= 4 is 29.7 Å². The number of esters is 1. The average molecular weight is 453 g/mol. The van der Waals surface area contributed by atoms with Crippen LogP contribution in [-0.2, 0) is 4.79 Å². The molecule has 1 atom stereocenters. The smallest absolute Gasteiger partial charge is 0.343 e. The zero-order valence-corrected chi connectivity index (χ0v) is 18.2. The molecule has 0 saturated carbocycles. The third-order valence-corrected chi connectivity index (χ3v) is 4.55. The van der Waals surface area contributed by atoms with Gasteiger partial charge in [-0.2, -0.15) is 5.10 Å². The summed E-state index contributed by atoms with van der Waals surface area (Å²) in [6.45, 7) is 1.62. The number of hydrazone groups is 1. The molecular weight excluding hydrogens is 432 g/mol. The van der Waals surface area contributed by atoms with Crippen LogP contribution in [0, 0.1) is 0 Å². The van der Waals surface area contributed by atoms with Crippen molar-refractivity contribution in [1.82, 2.24) is 5.43 Å². The van der Waals surface area contributed by atoms with Gasteiger partial charge in [0.25, 0.3) is 5.91 Å². The molecule has 0 aliphatic heterocycles. The SMILES string of the molecule is COc1ccc(C(=O)Oc2ccc(/C=N\NC(=O)[C@@H](C)Oc3ccc(Cl)cc3)cc2)cc1. The number of nitrogens with zero attached hydrogens (tertiary/aromatic N) is 1. The molecule has 164 valence electrons. The second kappa shape index (κ2) is 11.0. The Morgan fingerprint density at radius 1 is 0.906 bits per heavy atom. The monoisotopic (exact) mass is 452 g/mol. The maximum Gasteiger partial charge on any atom is 0.343 e. The fraction of sp³-hybridized carbons (Fsp3) is 0.125. The second-order valence-electron chi connectivity index (χ2n) is 6.64. The second-order valence-corrected chi connectivity index (χ2v) is 7.07. The maximum absolute atomic E-state index is 12.2. The quantitative estimate of drug-likeness (QED) is 0.235. The van der Waals surface area contributed by atoms with Crippen LogP contribution in [0.3, 0.4) is 0 Å². The Bertz CT molecular complexity index is 1080. The summed E-state index contributed by atoms with van der Waals surface area (Å²) in [6.07, 6.45) is 0.732. The van der Waals surface area contributed by atoms with Crippen LogP contribution in [0.25, 0.3) is 0 Å². The lowest BCUT2D eigenvalue weighted by Crippen LogP contribution is -2.33. The number of halogens is 1. The van der Waals surface area contributed by atoms with Crippen LogP contribution in [-0.4, -0.2) is 31.3 Å². The van der Waals surface area contributed by atoms with Gasteiger partial charge in [0.05, 0.1) is 18.9 Å². The zero-order valence-electron chi connectivity index (χ0n) is 17.4. The van der Waals surface area contributed by atoms with Crippen LogP contribution in [0.5, 0.6) is 17.2 Å². The molecule has 0 fully saturated rings. The number of nitrogens with one attached hydrogen (secondary N) is 1. The fourth-order valence-corrected chi connectivity index (χ4v) is 2.67. The number of amides is 1. The zero-order chi connectivity index (χ0) is 22.9. The first-order valence-corrected chi connectivity index (χ1v) is 10.0. The molecule has 0 unspecified atom stereocenters. The minimum absolute atomic E-state index is 0.386. The van der Waals surface area contributed by atoms with Crippen LogP contribution in [0.15, 0.2) is 77.9 Å². The molecule has 3 aromatic rings. The molecular formula is C24H21ClN2O5. The summed E-state index contributed by atoms with van der Waals surface area (Å²) in [5.74, 6) is 0.693. The molecule has 0 aromatic heterocycles. The molecule has 0 spiro atoms. The van der Waals surface area contributed by atoms with Crippen molar-refractivity contribution in [2.75, 3.05) is 7.11 Å². The molecule has 0 bridgehead atoms. The Labute approximate surface area is 190 Å². The first kappa shape index (κ1) is 22.8.